The molecule has 0 aromatic rings. The summed E-state index contributed by atoms with van der Waals surface area (Å²) in [5.74, 6) is 3.16. The summed E-state index contributed by atoms with van der Waals surface area (Å²) in [6, 6.07) is 0.517. The first-order valence-electron chi connectivity index (χ1n) is 8.68. The van der Waals surface area contributed by atoms with E-state index >= 15 is 0 Å². The molecule has 3 unspecified atom stereocenters. The first-order chi connectivity index (χ1) is 9.92. The number of rotatable bonds is 3. The van der Waals surface area contributed by atoms with Gasteiger partial charge in [0.1, 0.15) is 0 Å². The summed E-state index contributed by atoms with van der Waals surface area (Å²) >= 11 is 5.77. The average molecular weight is 309 g/mol. The van der Waals surface area contributed by atoms with Crippen LogP contribution in [0.25, 0.3) is 0 Å². The largest absolute Gasteiger partial charge is 0.346 e. The van der Waals surface area contributed by atoms with Gasteiger partial charge >= 0.3 is 0 Å². The van der Waals surface area contributed by atoms with Crippen LogP contribution in [-0.4, -0.2) is 34.0 Å². The molecule has 0 aromatic heterocycles. The first-order valence-corrected chi connectivity index (χ1v) is 9.09. The van der Waals surface area contributed by atoms with E-state index in [1.807, 2.05) is 0 Å². The van der Waals surface area contributed by atoms with E-state index in [2.05, 4.69) is 51.0 Å². The Balaban J connectivity index is 2.33. The van der Waals surface area contributed by atoms with Gasteiger partial charge in [0.2, 0.25) is 0 Å². The standard InChI is InChI=1S/C18H32N2S/c1-7-19-14(5)11-16(15(6)20(8-2)18(19)21)17-12(3)9-10-13(17)4/h12-13,15-17H,5,7-11H2,1-4,6H3/t12?,13?,15-,16?,17?/m0/s1. The lowest BCUT2D eigenvalue weighted by molar-refractivity contribution is 0.140. The van der Waals surface area contributed by atoms with E-state index in [1.54, 1.807) is 0 Å². The summed E-state index contributed by atoms with van der Waals surface area (Å²) < 4.78 is 0. The lowest BCUT2D eigenvalue weighted by atomic mass is 9.74. The van der Waals surface area contributed by atoms with Crippen LogP contribution in [-0.2, 0) is 0 Å². The summed E-state index contributed by atoms with van der Waals surface area (Å²) in [4.78, 5) is 4.68. The maximum absolute atomic E-state index is 5.77. The zero-order chi connectivity index (χ0) is 15.7. The van der Waals surface area contributed by atoms with E-state index in [-0.39, 0.29) is 0 Å². The number of hydrogen-bond acceptors (Lipinski definition) is 1. The molecule has 2 nitrogen and oxygen atoms in total. The van der Waals surface area contributed by atoms with Crippen LogP contribution < -0.4 is 0 Å². The van der Waals surface area contributed by atoms with Crippen molar-refractivity contribution < 1.29 is 0 Å². The monoisotopic (exact) mass is 308 g/mol. The molecule has 3 heteroatoms. The predicted molar refractivity (Wildman–Crippen MR) is 95.1 cm³/mol. The van der Waals surface area contributed by atoms with Crippen molar-refractivity contribution in [3.8, 4) is 0 Å². The lowest BCUT2D eigenvalue weighted by Crippen LogP contribution is -2.47. The quantitative estimate of drug-likeness (QED) is 0.708. The summed E-state index contributed by atoms with van der Waals surface area (Å²) in [7, 11) is 0. The Bertz CT molecular complexity index is 396. The van der Waals surface area contributed by atoms with Gasteiger partial charge in [0, 0.05) is 24.8 Å². The molecular weight excluding hydrogens is 276 g/mol. The van der Waals surface area contributed by atoms with Gasteiger partial charge in [-0.05, 0) is 63.1 Å². The van der Waals surface area contributed by atoms with E-state index < -0.39 is 0 Å². The van der Waals surface area contributed by atoms with Crippen LogP contribution in [0.4, 0.5) is 0 Å². The molecule has 2 aliphatic rings. The van der Waals surface area contributed by atoms with Gasteiger partial charge in [0.15, 0.2) is 5.11 Å². The molecule has 2 fully saturated rings. The van der Waals surface area contributed by atoms with Crippen LogP contribution in [0, 0.1) is 23.7 Å². The fraction of sp³-hybridized carbons (Fsp3) is 0.833. The number of thiocarbonyl (C=S) groups is 1. The lowest BCUT2D eigenvalue weighted by Gasteiger charge is -2.39. The smallest absolute Gasteiger partial charge is 0.176 e. The highest BCUT2D eigenvalue weighted by atomic mass is 32.1. The fourth-order valence-electron chi connectivity index (χ4n) is 4.80. The molecular formula is C18H32N2S. The minimum atomic E-state index is 0.517. The molecule has 0 radical (unpaired) electrons. The molecule has 1 heterocycles. The number of hydrogen-bond donors (Lipinski definition) is 0. The Morgan fingerprint density at radius 1 is 1.10 bits per heavy atom. The number of nitrogens with zero attached hydrogens (tertiary/aromatic N) is 2. The summed E-state index contributed by atoms with van der Waals surface area (Å²) in [6.07, 6.45) is 3.87. The van der Waals surface area contributed by atoms with Gasteiger partial charge in [-0.1, -0.05) is 33.3 Å². The molecule has 21 heavy (non-hydrogen) atoms. The molecule has 1 aliphatic carbocycles. The Hall–Kier alpha value is -0.570. The van der Waals surface area contributed by atoms with E-state index in [4.69, 9.17) is 12.2 Å². The van der Waals surface area contributed by atoms with Crippen molar-refractivity contribution in [2.24, 2.45) is 23.7 Å². The van der Waals surface area contributed by atoms with Crippen molar-refractivity contribution in [2.75, 3.05) is 13.1 Å². The molecule has 120 valence electrons. The molecule has 0 aromatic carbocycles. The highest BCUT2D eigenvalue weighted by molar-refractivity contribution is 7.80. The van der Waals surface area contributed by atoms with Crippen molar-refractivity contribution >= 4 is 17.3 Å². The van der Waals surface area contributed by atoms with Gasteiger partial charge in [-0.3, -0.25) is 0 Å². The van der Waals surface area contributed by atoms with Crippen molar-refractivity contribution in [1.82, 2.24) is 9.80 Å². The van der Waals surface area contributed by atoms with E-state index in [1.165, 1.54) is 18.5 Å². The normalized spacial score (nSPS) is 38.0. The molecule has 0 N–H and O–H groups in total. The van der Waals surface area contributed by atoms with Gasteiger partial charge in [0.05, 0.1) is 0 Å². The molecule has 4 atom stereocenters. The van der Waals surface area contributed by atoms with E-state index in [0.29, 0.717) is 12.0 Å². The van der Waals surface area contributed by atoms with Crippen molar-refractivity contribution in [3.05, 3.63) is 12.3 Å². The highest BCUT2D eigenvalue weighted by Gasteiger charge is 2.43. The Morgan fingerprint density at radius 3 is 2.14 bits per heavy atom. The van der Waals surface area contributed by atoms with E-state index in [0.717, 1.165) is 42.4 Å². The van der Waals surface area contributed by atoms with Gasteiger partial charge in [-0.2, -0.15) is 0 Å². The zero-order valence-electron chi connectivity index (χ0n) is 14.4. The minimum absolute atomic E-state index is 0.517. The minimum Gasteiger partial charge on any atom is -0.346 e. The highest BCUT2D eigenvalue weighted by Crippen LogP contribution is 2.46. The second-order valence-electron chi connectivity index (χ2n) is 7.10. The van der Waals surface area contributed by atoms with Crippen LogP contribution >= 0.6 is 12.2 Å². The summed E-state index contributed by atoms with van der Waals surface area (Å²) in [5, 5.41) is 0.985. The van der Waals surface area contributed by atoms with Crippen LogP contribution in [0.3, 0.4) is 0 Å². The first kappa shape index (κ1) is 16.8. The third kappa shape index (κ3) is 2.99. The molecule has 1 aliphatic heterocycles. The topological polar surface area (TPSA) is 6.48 Å². The fourth-order valence-corrected chi connectivity index (χ4v) is 5.36. The van der Waals surface area contributed by atoms with Crippen LogP contribution in [0.1, 0.15) is 53.9 Å². The predicted octanol–water partition coefficient (Wildman–Crippen LogP) is 4.52. The molecule has 0 spiro atoms. The molecule has 1 saturated carbocycles. The molecule has 1 saturated heterocycles. The van der Waals surface area contributed by atoms with Gasteiger partial charge in [-0.25, -0.2) is 0 Å². The average Bonchev–Trinajstić information content (AvgIpc) is 2.73. The van der Waals surface area contributed by atoms with Gasteiger partial charge in [0.25, 0.3) is 0 Å². The second-order valence-corrected chi connectivity index (χ2v) is 7.46. The summed E-state index contributed by atoms with van der Waals surface area (Å²) in [6.45, 7) is 18.0. The second kappa shape index (κ2) is 6.68. The van der Waals surface area contributed by atoms with Crippen LogP contribution in [0.5, 0.6) is 0 Å². The van der Waals surface area contributed by atoms with E-state index in [9.17, 15) is 0 Å². The molecule has 0 amide bonds. The van der Waals surface area contributed by atoms with Crippen LogP contribution in [0.2, 0.25) is 0 Å². The maximum Gasteiger partial charge on any atom is 0.176 e. The molecule has 0 bridgehead atoms. The Kier molecular flexibility index (Phi) is 5.34. The van der Waals surface area contributed by atoms with Gasteiger partial charge < -0.3 is 9.80 Å². The maximum atomic E-state index is 5.77. The Morgan fingerprint density at radius 2 is 1.67 bits per heavy atom. The zero-order valence-corrected chi connectivity index (χ0v) is 15.2. The summed E-state index contributed by atoms with van der Waals surface area (Å²) in [5.41, 5.74) is 1.22. The third-order valence-corrected chi connectivity index (χ3v) is 6.44. The van der Waals surface area contributed by atoms with Gasteiger partial charge in [-0.15, -0.1) is 0 Å². The van der Waals surface area contributed by atoms with Crippen molar-refractivity contribution in [1.29, 1.82) is 0 Å². The third-order valence-electron chi connectivity index (χ3n) is 5.98. The van der Waals surface area contributed by atoms with Crippen molar-refractivity contribution in [3.63, 3.8) is 0 Å². The SMILES string of the molecule is C=C1CC(C2C(C)CCC2C)[C@H](C)N(CC)C(=S)N1CC. The van der Waals surface area contributed by atoms with Crippen LogP contribution in [0.15, 0.2) is 12.3 Å². The van der Waals surface area contributed by atoms with Crippen molar-refractivity contribution in [2.45, 2.75) is 59.9 Å². The Labute approximate surface area is 136 Å². The molecule has 2 rings (SSSR count). The number of allylic oxidation sites excluding steroid dienone is 1.